The standard InChI is InChI=1S/C24H26FN5O/c1-31-19-5-2-4-17(13-19)14-29-10-8-16(9-11-29)12-18-15-30-23(27-18)20-6-3-7-21(25)22(20)28-24(30)26/h2-7,13,15-16H,8-12,14H2,1H3,(H2,26,28). The number of aromatic nitrogens is 3. The molecule has 0 saturated carbocycles. The number of nitrogen functional groups attached to an aromatic ring is 1. The summed E-state index contributed by atoms with van der Waals surface area (Å²) in [4.78, 5) is 11.5. The summed E-state index contributed by atoms with van der Waals surface area (Å²) in [6.07, 6.45) is 5.09. The molecule has 2 aromatic heterocycles. The van der Waals surface area contributed by atoms with Gasteiger partial charge in [0.2, 0.25) is 5.95 Å². The van der Waals surface area contributed by atoms with E-state index in [0.29, 0.717) is 17.0 Å². The van der Waals surface area contributed by atoms with Gasteiger partial charge in [0.05, 0.1) is 12.8 Å². The number of ether oxygens (including phenoxy) is 1. The van der Waals surface area contributed by atoms with Crippen LogP contribution in [0.4, 0.5) is 10.3 Å². The third kappa shape index (κ3) is 3.93. The highest BCUT2D eigenvalue weighted by molar-refractivity contribution is 5.92. The minimum atomic E-state index is -0.375. The van der Waals surface area contributed by atoms with Crippen molar-refractivity contribution in [3.63, 3.8) is 0 Å². The zero-order valence-corrected chi connectivity index (χ0v) is 17.6. The summed E-state index contributed by atoms with van der Waals surface area (Å²) in [5.41, 5.74) is 9.29. The Morgan fingerprint density at radius 1 is 1.13 bits per heavy atom. The molecule has 4 aromatic rings. The first-order chi connectivity index (χ1) is 15.1. The Morgan fingerprint density at radius 3 is 2.74 bits per heavy atom. The second-order valence-electron chi connectivity index (χ2n) is 8.31. The number of fused-ring (bicyclic) bond motifs is 3. The van der Waals surface area contributed by atoms with Gasteiger partial charge in [0, 0.05) is 18.1 Å². The molecule has 0 aliphatic carbocycles. The Balaban J connectivity index is 1.27. The van der Waals surface area contributed by atoms with Crippen LogP contribution in [0, 0.1) is 11.7 Å². The van der Waals surface area contributed by atoms with E-state index in [1.807, 2.05) is 24.4 Å². The van der Waals surface area contributed by atoms with Crippen LogP contribution in [0.3, 0.4) is 0 Å². The molecule has 160 valence electrons. The summed E-state index contributed by atoms with van der Waals surface area (Å²) in [6, 6.07) is 13.2. The molecule has 31 heavy (non-hydrogen) atoms. The smallest absolute Gasteiger partial charge is 0.206 e. The summed E-state index contributed by atoms with van der Waals surface area (Å²) < 4.78 is 21.2. The minimum Gasteiger partial charge on any atom is -0.497 e. The number of nitrogens with zero attached hydrogens (tertiary/aromatic N) is 4. The third-order valence-corrected chi connectivity index (χ3v) is 6.20. The highest BCUT2D eigenvalue weighted by Gasteiger charge is 2.21. The van der Waals surface area contributed by atoms with Gasteiger partial charge in [-0.15, -0.1) is 0 Å². The molecule has 2 N–H and O–H groups in total. The quantitative estimate of drug-likeness (QED) is 0.528. The number of benzene rings is 2. The number of piperidine rings is 1. The first kappa shape index (κ1) is 19.8. The van der Waals surface area contributed by atoms with Crippen molar-refractivity contribution in [2.75, 3.05) is 25.9 Å². The fourth-order valence-corrected chi connectivity index (χ4v) is 4.54. The number of imidazole rings is 1. The molecule has 3 heterocycles. The molecule has 2 aromatic carbocycles. The molecule has 0 spiro atoms. The van der Waals surface area contributed by atoms with Crippen LogP contribution in [0.25, 0.3) is 16.6 Å². The van der Waals surface area contributed by atoms with Crippen molar-refractivity contribution in [3.8, 4) is 5.75 Å². The van der Waals surface area contributed by atoms with Crippen LogP contribution < -0.4 is 10.5 Å². The van der Waals surface area contributed by atoms with Gasteiger partial charge in [0.15, 0.2) is 0 Å². The van der Waals surface area contributed by atoms with E-state index in [-0.39, 0.29) is 17.3 Å². The van der Waals surface area contributed by atoms with Crippen molar-refractivity contribution in [2.24, 2.45) is 5.92 Å². The van der Waals surface area contributed by atoms with Gasteiger partial charge >= 0.3 is 0 Å². The van der Waals surface area contributed by atoms with Gasteiger partial charge in [-0.2, -0.15) is 0 Å². The largest absolute Gasteiger partial charge is 0.497 e. The maximum atomic E-state index is 14.1. The molecule has 5 rings (SSSR count). The van der Waals surface area contributed by atoms with E-state index in [0.717, 1.165) is 50.3 Å². The second kappa shape index (κ2) is 8.15. The summed E-state index contributed by atoms with van der Waals surface area (Å²) in [7, 11) is 1.70. The fourth-order valence-electron chi connectivity index (χ4n) is 4.54. The fraction of sp³-hybridized carbons (Fsp3) is 0.333. The number of nitrogens with two attached hydrogens (primary N) is 1. The summed E-state index contributed by atoms with van der Waals surface area (Å²) in [5.74, 6) is 1.36. The Kier molecular flexibility index (Phi) is 5.19. The third-order valence-electron chi connectivity index (χ3n) is 6.20. The molecule has 1 fully saturated rings. The van der Waals surface area contributed by atoms with E-state index in [4.69, 9.17) is 15.5 Å². The highest BCUT2D eigenvalue weighted by Crippen LogP contribution is 2.26. The van der Waals surface area contributed by atoms with Gasteiger partial charge < -0.3 is 10.5 Å². The van der Waals surface area contributed by atoms with Crippen molar-refractivity contribution in [1.82, 2.24) is 19.3 Å². The number of halogens is 1. The lowest BCUT2D eigenvalue weighted by Gasteiger charge is -2.31. The van der Waals surface area contributed by atoms with E-state index in [1.54, 1.807) is 17.6 Å². The highest BCUT2D eigenvalue weighted by atomic mass is 19.1. The Labute approximate surface area is 180 Å². The van der Waals surface area contributed by atoms with Crippen molar-refractivity contribution < 1.29 is 9.13 Å². The van der Waals surface area contributed by atoms with Crippen molar-refractivity contribution in [3.05, 3.63) is 65.7 Å². The molecule has 1 aliphatic heterocycles. The van der Waals surface area contributed by atoms with Crippen molar-refractivity contribution in [2.45, 2.75) is 25.8 Å². The summed E-state index contributed by atoms with van der Waals surface area (Å²) in [6.45, 7) is 3.07. The number of para-hydroxylation sites is 1. The summed E-state index contributed by atoms with van der Waals surface area (Å²) in [5, 5.41) is 0.688. The van der Waals surface area contributed by atoms with E-state index < -0.39 is 0 Å². The van der Waals surface area contributed by atoms with Crippen LogP contribution in [0.2, 0.25) is 0 Å². The SMILES string of the molecule is COc1cccc(CN2CCC(Cc3cn4c(N)nc5c(F)cccc5c4n3)CC2)c1. The Morgan fingerprint density at radius 2 is 1.94 bits per heavy atom. The van der Waals surface area contributed by atoms with Gasteiger partial charge in [-0.3, -0.25) is 9.30 Å². The Hall–Kier alpha value is -3.19. The van der Waals surface area contributed by atoms with Gasteiger partial charge in [0.25, 0.3) is 0 Å². The first-order valence-electron chi connectivity index (χ1n) is 10.7. The van der Waals surface area contributed by atoms with Crippen LogP contribution in [0.5, 0.6) is 5.75 Å². The van der Waals surface area contributed by atoms with Crippen molar-refractivity contribution in [1.29, 1.82) is 0 Å². The molecule has 1 aliphatic rings. The molecule has 0 amide bonds. The molecule has 0 bridgehead atoms. The molecule has 0 unspecified atom stereocenters. The van der Waals surface area contributed by atoms with Crippen LogP contribution in [0.15, 0.2) is 48.7 Å². The van der Waals surface area contributed by atoms with Gasteiger partial charge in [-0.05, 0) is 68.1 Å². The average molecular weight is 420 g/mol. The lowest BCUT2D eigenvalue weighted by molar-refractivity contribution is 0.176. The van der Waals surface area contributed by atoms with E-state index in [1.165, 1.54) is 11.6 Å². The van der Waals surface area contributed by atoms with E-state index in [2.05, 4.69) is 22.0 Å². The lowest BCUT2D eigenvalue weighted by Crippen LogP contribution is -2.33. The predicted octanol–water partition coefficient (Wildman–Crippen LogP) is 4.07. The number of methoxy groups -OCH3 is 1. The van der Waals surface area contributed by atoms with Gasteiger partial charge in [-0.1, -0.05) is 18.2 Å². The first-order valence-corrected chi connectivity index (χ1v) is 10.7. The predicted molar refractivity (Wildman–Crippen MR) is 120 cm³/mol. The number of rotatable bonds is 5. The Bertz CT molecular complexity index is 1230. The molecule has 0 atom stereocenters. The second-order valence-corrected chi connectivity index (χ2v) is 8.31. The average Bonchev–Trinajstić information content (AvgIpc) is 3.21. The number of hydrogen-bond donors (Lipinski definition) is 1. The van der Waals surface area contributed by atoms with Crippen molar-refractivity contribution >= 4 is 22.5 Å². The van der Waals surface area contributed by atoms with Crippen LogP contribution >= 0.6 is 0 Å². The molecular formula is C24H26FN5O. The zero-order chi connectivity index (χ0) is 21.4. The van der Waals surface area contributed by atoms with Crippen LogP contribution in [-0.4, -0.2) is 39.5 Å². The number of likely N-dealkylation sites (tertiary alicyclic amines) is 1. The normalized spacial score (nSPS) is 15.7. The molecule has 1 saturated heterocycles. The van der Waals surface area contributed by atoms with Gasteiger partial charge in [-0.25, -0.2) is 14.4 Å². The molecule has 6 nitrogen and oxygen atoms in total. The monoisotopic (exact) mass is 419 g/mol. The number of anilines is 1. The topological polar surface area (TPSA) is 68.7 Å². The lowest BCUT2D eigenvalue weighted by atomic mass is 9.92. The summed E-state index contributed by atoms with van der Waals surface area (Å²) >= 11 is 0. The number of hydrogen-bond acceptors (Lipinski definition) is 5. The minimum absolute atomic E-state index is 0.263. The van der Waals surface area contributed by atoms with E-state index in [9.17, 15) is 4.39 Å². The maximum Gasteiger partial charge on any atom is 0.206 e. The molecular weight excluding hydrogens is 393 g/mol. The van der Waals surface area contributed by atoms with E-state index >= 15 is 0 Å². The molecule has 0 radical (unpaired) electrons. The van der Waals surface area contributed by atoms with Crippen LogP contribution in [0.1, 0.15) is 24.1 Å². The molecule has 7 heteroatoms. The van der Waals surface area contributed by atoms with Crippen LogP contribution in [-0.2, 0) is 13.0 Å². The van der Waals surface area contributed by atoms with Gasteiger partial charge in [0.1, 0.15) is 22.7 Å². The maximum absolute atomic E-state index is 14.1. The zero-order valence-electron chi connectivity index (χ0n) is 17.6.